The highest BCUT2D eigenvalue weighted by Gasteiger charge is 2.35. The Kier molecular flexibility index (Phi) is 2.71. The minimum atomic E-state index is -1.05. The van der Waals surface area contributed by atoms with Crippen LogP contribution in [-0.2, 0) is 11.8 Å². The summed E-state index contributed by atoms with van der Waals surface area (Å²) in [5.74, 6) is -0.482. The summed E-state index contributed by atoms with van der Waals surface area (Å²) >= 11 is 0. The van der Waals surface area contributed by atoms with Crippen molar-refractivity contribution >= 4 is 5.97 Å². The molecule has 1 aliphatic carbocycles. The van der Waals surface area contributed by atoms with Crippen LogP contribution in [0.3, 0.4) is 0 Å². The maximum absolute atomic E-state index is 11.3. The predicted octanol–water partition coefficient (Wildman–Crippen LogP) is 3.36. The predicted molar refractivity (Wildman–Crippen MR) is 74.2 cm³/mol. The molecule has 0 radical (unpaired) electrons. The molecular formula is C16H17NO3. The zero-order valence-electron chi connectivity index (χ0n) is 11.8. The molecule has 1 atom stereocenters. The van der Waals surface area contributed by atoms with Crippen LogP contribution < -0.4 is 0 Å². The Labute approximate surface area is 117 Å². The number of benzene rings is 1. The first kappa shape index (κ1) is 12.9. The normalized spacial score (nSPS) is 17.4. The van der Waals surface area contributed by atoms with Crippen molar-refractivity contribution in [2.45, 2.75) is 38.5 Å². The summed E-state index contributed by atoms with van der Waals surface area (Å²) in [5.41, 5.74) is 2.64. The van der Waals surface area contributed by atoms with Gasteiger partial charge in [0.05, 0.1) is 11.6 Å². The second-order valence-electron chi connectivity index (χ2n) is 6.24. The number of carboxylic acids is 1. The molecule has 1 unspecified atom stereocenters. The zero-order chi connectivity index (χ0) is 14.5. The van der Waals surface area contributed by atoms with Crippen LogP contribution in [0.5, 0.6) is 0 Å². The molecular weight excluding hydrogens is 254 g/mol. The molecule has 20 heavy (non-hydrogen) atoms. The highest BCUT2D eigenvalue weighted by molar-refractivity contribution is 5.86. The van der Waals surface area contributed by atoms with Crippen molar-refractivity contribution in [3.8, 4) is 0 Å². The van der Waals surface area contributed by atoms with Gasteiger partial charge in [0.2, 0.25) is 11.7 Å². The van der Waals surface area contributed by atoms with Crippen molar-refractivity contribution in [2.24, 2.45) is 0 Å². The molecule has 1 heterocycles. The van der Waals surface area contributed by atoms with E-state index in [9.17, 15) is 9.90 Å². The number of rotatable bonds is 2. The number of hydrogen-bond donors (Lipinski definition) is 1. The van der Waals surface area contributed by atoms with Crippen LogP contribution in [-0.4, -0.2) is 16.1 Å². The fourth-order valence-electron chi connectivity index (χ4n) is 2.62. The number of nitrogens with zero attached hydrogens (tertiary/aromatic N) is 1. The van der Waals surface area contributed by atoms with Gasteiger partial charge in [-0.05, 0) is 17.5 Å². The first-order chi connectivity index (χ1) is 9.38. The van der Waals surface area contributed by atoms with Gasteiger partial charge in [-0.25, -0.2) is 9.78 Å². The highest BCUT2D eigenvalue weighted by atomic mass is 16.4. The number of fused-ring (bicyclic) bond motifs is 1. The number of aromatic carboxylic acids is 1. The van der Waals surface area contributed by atoms with Gasteiger partial charge in [0, 0.05) is 5.41 Å². The summed E-state index contributed by atoms with van der Waals surface area (Å²) < 4.78 is 5.55. The lowest BCUT2D eigenvalue weighted by atomic mass is 9.77. The van der Waals surface area contributed by atoms with Gasteiger partial charge >= 0.3 is 5.97 Å². The van der Waals surface area contributed by atoms with Gasteiger partial charge in [0.15, 0.2) is 0 Å². The molecule has 0 amide bonds. The monoisotopic (exact) mass is 271 g/mol. The van der Waals surface area contributed by atoms with Gasteiger partial charge < -0.3 is 9.52 Å². The van der Waals surface area contributed by atoms with E-state index in [4.69, 9.17) is 4.42 Å². The number of aromatic nitrogens is 1. The molecule has 1 aromatic carbocycles. The van der Waals surface area contributed by atoms with Crippen LogP contribution in [0.1, 0.15) is 60.0 Å². The van der Waals surface area contributed by atoms with Gasteiger partial charge in [-0.3, -0.25) is 0 Å². The largest absolute Gasteiger partial charge is 0.475 e. The van der Waals surface area contributed by atoms with E-state index in [2.05, 4.69) is 11.1 Å². The van der Waals surface area contributed by atoms with E-state index >= 15 is 0 Å². The maximum atomic E-state index is 11.3. The van der Waals surface area contributed by atoms with Gasteiger partial charge in [-0.1, -0.05) is 45.0 Å². The lowest BCUT2D eigenvalue weighted by molar-refractivity contribution is 0.0656. The zero-order valence-corrected chi connectivity index (χ0v) is 11.8. The molecule has 0 saturated carbocycles. The maximum Gasteiger partial charge on any atom is 0.373 e. The first-order valence-electron chi connectivity index (χ1n) is 6.70. The van der Waals surface area contributed by atoms with Gasteiger partial charge in [-0.2, -0.15) is 0 Å². The lowest BCUT2D eigenvalue weighted by Gasteiger charge is -2.27. The summed E-state index contributed by atoms with van der Waals surface area (Å²) in [6.45, 7) is 5.82. The average Bonchev–Trinajstić information content (AvgIpc) is 2.75. The van der Waals surface area contributed by atoms with Gasteiger partial charge in [0.25, 0.3) is 0 Å². The Bertz CT molecular complexity index is 679. The molecule has 3 rings (SSSR count). The third kappa shape index (κ3) is 1.92. The fourth-order valence-corrected chi connectivity index (χ4v) is 2.62. The molecule has 0 spiro atoms. The van der Waals surface area contributed by atoms with Crippen LogP contribution in [0.2, 0.25) is 0 Å². The Balaban J connectivity index is 2.03. The number of oxazole rings is 1. The van der Waals surface area contributed by atoms with Gasteiger partial charge in [-0.15, -0.1) is 0 Å². The molecule has 4 nitrogen and oxygen atoms in total. The van der Waals surface area contributed by atoms with Gasteiger partial charge in [0.1, 0.15) is 0 Å². The molecule has 104 valence electrons. The van der Waals surface area contributed by atoms with Crippen molar-refractivity contribution in [1.29, 1.82) is 0 Å². The average molecular weight is 271 g/mol. The molecule has 2 aromatic rings. The second kappa shape index (κ2) is 4.20. The molecule has 0 aliphatic heterocycles. The van der Waals surface area contributed by atoms with E-state index in [1.807, 2.05) is 39.0 Å². The standard InChI is InChI=1S/C16H17NO3/c1-16(2,3)13-12(15(18)19)20-14(17-13)11-8-9-6-4-5-7-10(9)11/h4-7,11H,8H2,1-3H3,(H,18,19). The molecule has 0 saturated heterocycles. The Morgan fingerprint density at radius 2 is 2.05 bits per heavy atom. The Morgan fingerprint density at radius 1 is 1.35 bits per heavy atom. The summed E-state index contributed by atoms with van der Waals surface area (Å²) in [6.07, 6.45) is 0.860. The molecule has 0 fully saturated rings. The first-order valence-corrected chi connectivity index (χ1v) is 6.70. The molecule has 1 aromatic heterocycles. The van der Waals surface area contributed by atoms with E-state index in [-0.39, 0.29) is 17.1 Å². The molecule has 4 heteroatoms. The quantitative estimate of drug-likeness (QED) is 0.909. The number of hydrogen-bond acceptors (Lipinski definition) is 3. The van der Waals surface area contributed by atoms with E-state index in [0.717, 1.165) is 6.42 Å². The van der Waals surface area contributed by atoms with E-state index < -0.39 is 5.97 Å². The van der Waals surface area contributed by atoms with Crippen LogP contribution in [0.25, 0.3) is 0 Å². The van der Waals surface area contributed by atoms with Crippen molar-refractivity contribution in [1.82, 2.24) is 4.98 Å². The van der Waals surface area contributed by atoms with Crippen molar-refractivity contribution in [3.63, 3.8) is 0 Å². The fraction of sp³-hybridized carbons (Fsp3) is 0.375. The highest BCUT2D eigenvalue weighted by Crippen LogP contribution is 2.41. The Hall–Kier alpha value is -2.10. The SMILES string of the molecule is CC(C)(C)c1nc(C2Cc3ccccc32)oc1C(=O)O. The molecule has 0 bridgehead atoms. The van der Waals surface area contributed by atoms with Crippen LogP contribution >= 0.6 is 0 Å². The minimum Gasteiger partial charge on any atom is -0.475 e. The smallest absolute Gasteiger partial charge is 0.373 e. The third-order valence-corrected chi connectivity index (χ3v) is 3.70. The van der Waals surface area contributed by atoms with Crippen molar-refractivity contribution in [3.05, 3.63) is 52.7 Å². The van der Waals surface area contributed by atoms with Crippen molar-refractivity contribution in [2.75, 3.05) is 0 Å². The Morgan fingerprint density at radius 3 is 2.60 bits per heavy atom. The summed E-state index contributed by atoms with van der Waals surface area (Å²) in [7, 11) is 0. The van der Waals surface area contributed by atoms with Crippen LogP contribution in [0, 0.1) is 0 Å². The topological polar surface area (TPSA) is 63.3 Å². The molecule has 1 aliphatic rings. The second-order valence-corrected chi connectivity index (χ2v) is 6.24. The van der Waals surface area contributed by atoms with Crippen molar-refractivity contribution < 1.29 is 14.3 Å². The minimum absolute atomic E-state index is 0.0307. The summed E-state index contributed by atoms with van der Waals surface area (Å²) in [6, 6.07) is 8.12. The molecule has 1 N–H and O–H groups in total. The third-order valence-electron chi connectivity index (χ3n) is 3.70. The number of carbonyl (C=O) groups is 1. The lowest BCUT2D eigenvalue weighted by Crippen LogP contribution is -2.19. The van der Waals surface area contributed by atoms with E-state index in [1.165, 1.54) is 11.1 Å². The number of carboxylic acid groups (broad SMARTS) is 1. The summed E-state index contributed by atoms with van der Waals surface area (Å²) in [4.78, 5) is 15.8. The van der Waals surface area contributed by atoms with E-state index in [0.29, 0.717) is 11.6 Å². The van der Waals surface area contributed by atoms with Crippen LogP contribution in [0.15, 0.2) is 28.7 Å². The van der Waals surface area contributed by atoms with E-state index in [1.54, 1.807) is 0 Å². The van der Waals surface area contributed by atoms with Crippen LogP contribution in [0.4, 0.5) is 0 Å². The summed E-state index contributed by atoms with van der Waals surface area (Å²) in [5, 5.41) is 9.28.